The average molecular weight is 594 g/mol. The first-order chi connectivity index (χ1) is 19.5. The van der Waals surface area contributed by atoms with E-state index in [4.69, 9.17) is 16.3 Å². The van der Waals surface area contributed by atoms with Gasteiger partial charge in [0.05, 0.1) is 28.3 Å². The third-order valence-corrected chi connectivity index (χ3v) is 8.15. The molecule has 12 heteroatoms. The van der Waals surface area contributed by atoms with E-state index in [1.807, 2.05) is 0 Å². The fourth-order valence-corrected chi connectivity index (χ4v) is 5.63. The molecule has 41 heavy (non-hydrogen) atoms. The van der Waals surface area contributed by atoms with Crippen molar-refractivity contribution in [1.82, 2.24) is 0 Å². The molecule has 0 spiro atoms. The van der Waals surface area contributed by atoms with Crippen molar-refractivity contribution in [2.75, 3.05) is 23.3 Å². The Bertz CT molecular complexity index is 1730. The second-order valence-corrected chi connectivity index (χ2v) is 11.1. The fourth-order valence-electron chi connectivity index (χ4n) is 4.02. The number of nitro groups is 1. The summed E-state index contributed by atoms with van der Waals surface area (Å²) in [5.74, 6) is -0.711. The molecule has 10 nitrogen and oxygen atoms in total. The van der Waals surface area contributed by atoms with Crippen LogP contribution in [0.4, 0.5) is 17.1 Å². The van der Waals surface area contributed by atoms with Crippen LogP contribution in [0.1, 0.15) is 21.5 Å². The summed E-state index contributed by atoms with van der Waals surface area (Å²) in [6, 6.07) is 22.2. The first kappa shape index (κ1) is 29.2. The largest absolute Gasteiger partial charge is 0.497 e. The highest BCUT2D eigenvalue weighted by Crippen LogP contribution is 2.30. The van der Waals surface area contributed by atoms with E-state index in [1.54, 1.807) is 30.3 Å². The predicted octanol–water partition coefficient (Wildman–Crippen LogP) is 5.63. The number of methoxy groups -OCH3 is 1. The number of hydrogen-bond donors (Lipinski definition) is 1. The number of ether oxygens (including phenoxy) is 1. The van der Waals surface area contributed by atoms with E-state index < -0.39 is 33.2 Å². The predicted molar refractivity (Wildman–Crippen MR) is 155 cm³/mol. The number of carbonyl (C=O) groups excluding carboxylic acids is 2. The highest BCUT2D eigenvalue weighted by Gasteiger charge is 2.30. The highest BCUT2D eigenvalue weighted by atomic mass is 35.5. The molecule has 4 rings (SSSR count). The van der Waals surface area contributed by atoms with Crippen molar-refractivity contribution < 1.29 is 27.7 Å². The molecule has 4 aromatic carbocycles. The standard InChI is InChI=1S/C29H24ClN3O7S/c1-19-8-14-24(17-27(19)33(36)37)41(38,39)32(22-10-12-23(40-2)13-11-22)18-28(34)31-26-15-9-21(30)16-25(26)29(35)20-6-4-3-5-7-20/h3-17H,18H2,1-2H3,(H,31,34). The highest BCUT2D eigenvalue weighted by molar-refractivity contribution is 7.92. The van der Waals surface area contributed by atoms with Gasteiger partial charge in [0, 0.05) is 27.8 Å². The number of rotatable bonds is 10. The summed E-state index contributed by atoms with van der Waals surface area (Å²) in [5.41, 5.74) is 0.627. The van der Waals surface area contributed by atoms with Crippen LogP contribution < -0.4 is 14.4 Å². The van der Waals surface area contributed by atoms with Gasteiger partial charge in [-0.05, 0) is 55.5 Å². The Kier molecular flexibility index (Phi) is 8.70. The van der Waals surface area contributed by atoms with Crippen LogP contribution in [0.15, 0.2) is 95.9 Å². The van der Waals surface area contributed by atoms with E-state index in [0.717, 1.165) is 10.4 Å². The van der Waals surface area contributed by atoms with Gasteiger partial charge in [-0.25, -0.2) is 8.42 Å². The molecule has 0 saturated heterocycles. The van der Waals surface area contributed by atoms with Crippen LogP contribution in [-0.4, -0.2) is 38.7 Å². The maximum absolute atomic E-state index is 13.8. The molecule has 1 N–H and O–H groups in total. The van der Waals surface area contributed by atoms with Crippen molar-refractivity contribution in [3.63, 3.8) is 0 Å². The Morgan fingerprint density at radius 2 is 1.66 bits per heavy atom. The Morgan fingerprint density at radius 3 is 2.29 bits per heavy atom. The molecule has 210 valence electrons. The summed E-state index contributed by atoms with van der Waals surface area (Å²) in [4.78, 5) is 37.0. The molecule has 0 bridgehead atoms. The number of halogens is 1. The van der Waals surface area contributed by atoms with E-state index in [9.17, 15) is 28.1 Å². The summed E-state index contributed by atoms with van der Waals surface area (Å²) in [6.45, 7) is 0.779. The number of amides is 1. The second-order valence-electron chi connectivity index (χ2n) is 8.85. The van der Waals surface area contributed by atoms with Crippen LogP contribution in [0, 0.1) is 17.0 Å². The van der Waals surface area contributed by atoms with E-state index >= 15 is 0 Å². The SMILES string of the molecule is COc1ccc(N(CC(=O)Nc2ccc(Cl)cc2C(=O)c2ccccc2)S(=O)(=O)c2ccc(C)c([N+](=O)[O-])c2)cc1. The lowest BCUT2D eigenvalue weighted by molar-refractivity contribution is -0.385. The summed E-state index contributed by atoms with van der Waals surface area (Å²) in [6.07, 6.45) is 0. The average Bonchev–Trinajstić information content (AvgIpc) is 2.97. The number of aryl methyl sites for hydroxylation is 1. The molecular formula is C29H24ClN3O7S. The monoisotopic (exact) mass is 593 g/mol. The first-order valence-corrected chi connectivity index (χ1v) is 13.9. The third-order valence-electron chi connectivity index (χ3n) is 6.15. The zero-order chi connectivity index (χ0) is 29.7. The third kappa shape index (κ3) is 6.53. The smallest absolute Gasteiger partial charge is 0.273 e. The van der Waals surface area contributed by atoms with Gasteiger partial charge in [-0.15, -0.1) is 0 Å². The van der Waals surface area contributed by atoms with Gasteiger partial charge >= 0.3 is 0 Å². The van der Waals surface area contributed by atoms with E-state index in [1.165, 1.54) is 68.6 Å². The Labute approximate surface area is 241 Å². The maximum Gasteiger partial charge on any atom is 0.273 e. The quantitative estimate of drug-likeness (QED) is 0.143. The zero-order valence-electron chi connectivity index (χ0n) is 21.9. The van der Waals surface area contributed by atoms with Crippen molar-refractivity contribution in [3.8, 4) is 5.75 Å². The number of carbonyl (C=O) groups is 2. The molecule has 0 radical (unpaired) electrons. The van der Waals surface area contributed by atoms with E-state index in [0.29, 0.717) is 11.3 Å². The number of nitrogens with zero attached hydrogens (tertiary/aromatic N) is 2. The van der Waals surface area contributed by atoms with Gasteiger partial charge in [-0.1, -0.05) is 48.0 Å². The molecule has 0 saturated carbocycles. The Hall–Kier alpha value is -4.74. The zero-order valence-corrected chi connectivity index (χ0v) is 23.5. The van der Waals surface area contributed by atoms with Gasteiger partial charge in [0.1, 0.15) is 12.3 Å². The molecule has 0 aliphatic rings. The molecule has 0 aromatic heterocycles. The maximum atomic E-state index is 13.8. The van der Waals surface area contributed by atoms with Crippen molar-refractivity contribution in [2.45, 2.75) is 11.8 Å². The fraction of sp³-hybridized carbons (Fsp3) is 0.103. The Morgan fingerprint density at radius 1 is 0.976 bits per heavy atom. The molecule has 0 unspecified atom stereocenters. The van der Waals surface area contributed by atoms with Crippen molar-refractivity contribution in [3.05, 3.63) is 123 Å². The number of benzene rings is 4. The van der Waals surface area contributed by atoms with Crippen LogP contribution in [-0.2, 0) is 14.8 Å². The lowest BCUT2D eigenvalue weighted by Gasteiger charge is -2.24. The van der Waals surface area contributed by atoms with Gasteiger partial charge in [-0.2, -0.15) is 0 Å². The second kappa shape index (κ2) is 12.2. The number of nitro benzene ring substituents is 1. The number of anilines is 2. The normalized spacial score (nSPS) is 11.0. The molecule has 0 aliphatic heterocycles. The number of sulfonamides is 1. The number of ketones is 1. The van der Waals surface area contributed by atoms with Crippen molar-refractivity contribution in [1.29, 1.82) is 0 Å². The molecule has 0 fully saturated rings. The lowest BCUT2D eigenvalue weighted by atomic mass is 10.0. The molecule has 4 aromatic rings. The summed E-state index contributed by atoms with van der Waals surface area (Å²) >= 11 is 6.14. The van der Waals surface area contributed by atoms with Gasteiger partial charge < -0.3 is 10.1 Å². The van der Waals surface area contributed by atoms with Crippen LogP contribution in [0.5, 0.6) is 5.75 Å². The number of hydrogen-bond acceptors (Lipinski definition) is 7. The molecule has 0 heterocycles. The molecule has 0 atom stereocenters. The number of nitrogens with one attached hydrogen (secondary N) is 1. The lowest BCUT2D eigenvalue weighted by Crippen LogP contribution is -2.38. The minimum absolute atomic E-state index is 0.112. The van der Waals surface area contributed by atoms with E-state index in [2.05, 4.69) is 5.32 Å². The first-order valence-electron chi connectivity index (χ1n) is 12.1. The van der Waals surface area contributed by atoms with Gasteiger partial charge in [-0.3, -0.25) is 24.0 Å². The van der Waals surface area contributed by atoms with Crippen LogP contribution in [0.2, 0.25) is 5.02 Å². The topological polar surface area (TPSA) is 136 Å². The summed E-state index contributed by atoms with van der Waals surface area (Å²) in [7, 11) is -3.02. The van der Waals surface area contributed by atoms with Crippen molar-refractivity contribution >= 4 is 50.4 Å². The molecular weight excluding hydrogens is 570 g/mol. The van der Waals surface area contributed by atoms with Gasteiger partial charge in [0.25, 0.3) is 15.7 Å². The Balaban J connectivity index is 1.71. The minimum Gasteiger partial charge on any atom is -0.497 e. The van der Waals surface area contributed by atoms with Crippen LogP contribution in [0.25, 0.3) is 0 Å². The van der Waals surface area contributed by atoms with Gasteiger partial charge in [0.15, 0.2) is 5.78 Å². The van der Waals surface area contributed by atoms with Crippen LogP contribution in [0.3, 0.4) is 0 Å². The molecule has 1 amide bonds. The van der Waals surface area contributed by atoms with Gasteiger partial charge in [0.2, 0.25) is 5.91 Å². The molecule has 0 aliphatic carbocycles. The summed E-state index contributed by atoms with van der Waals surface area (Å²) < 4.78 is 33.5. The van der Waals surface area contributed by atoms with Crippen LogP contribution >= 0.6 is 11.6 Å². The minimum atomic E-state index is -4.47. The summed E-state index contributed by atoms with van der Waals surface area (Å²) in [5, 5.41) is 14.4. The van der Waals surface area contributed by atoms with E-state index in [-0.39, 0.29) is 38.1 Å². The van der Waals surface area contributed by atoms with Crippen molar-refractivity contribution in [2.24, 2.45) is 0 Å².